The molecule has 0 saturated carbocycles. The van der Waals surface area contributed by atoms with E-state index in [-0.39, 0.29) is 17.9 Å². The molecule has 0 unspecified atom stereocenters. The Kier molecular flexibility index (Phi) is 4.87. The lowest BCUT2D eigenvalue weighted by atomic mass is 10.1. The third kappa shape index (κ3) is 4.03. The summed E-state index contributed by atoms with van der Waals surface area (Å²) in [6, 6.07) is 16.6. The van der Waals surface area contributed by atoms with E-state index in [2.05, 4.69) is 15.4 Å². The Morgan fingerprint density at radius 3 is 2.66 bits per heavy atom. The van der Waals surface area contributed by atoms with Crippen molar-refractivity contribution in [3.63, 3.8) is 0 Å². The number of nitrogens with one attached hydrogen (secondary N) is 2. The molecule has 0 saturated heterocycles. The van der Waals surface area contributed by atoms with Gasteiger partial charge in [-0.15, -0.1) is 0 Å². The number of hydrogen-bond acceptors (Lipinski definition) is 4. The highest BCUT2D eigenvalue weighted by Crippen LogP contribution is 2.23. The number of carbonyl (C=O) groups is 1. The molecule has 0 aliphatic carbocycles. The second-order valence-corrected chi connectivity index (χ2v) is 6.80. The number of nitrogens with zero attached hydrogens (tertiary/aromatic N) is 2. The lowest BCUT2D eigenvalue weighted by molar-refractivity contribution is -0.115. The van der Waals surface area contributed by atoms with Gasteiger partial charge in [-0.05, 0) is 55.8 Å². The first-order valence-corrected chi connectivity index (χ1v) is 9.20. The maximum Gasteiger partial charge on any atom is 0.276 e. The number of hydrogen-bond donors (Lipinski definition) is 2. The van der Waals surface area contributed by atoms with E-state index in [1.165, 1.54) is 4.52 Å². The van der Waals surface area contributed by atoms with Crippen LogP contribution in [0.5, 0.6) is 11.5 Å². The maximum atomic E-state index is 12.5. The second-order valence-electron chi connectivity index (χ2n) is 6.80. The summed E-state index contributed by atoms with van der Waals surface area (Å²) in [5.41, 5.74) is 2.91. The molecule has 0 aliphatic rings. The summed E-state index contributed by atoms with van der Waals surface area (Å²) in [6.07, 6.45) is 1.58. The van der Waals surface area contributed by atoms with E-state index in [1.807, 2.05) is 31.2 Å². The molecule has 146 valence electrons. The Labute approximate surface area is 167 Å². The van der Waals surface area contributed by atoms with Crippen molar-refractivity contribution in [3.8, 4) is 11.5 Å². The number of aromatic amines is 1. The summed E-state index contributed by atoms with van der Waals surface area (Å²) in [4.78, 5) is 29.3. The molecule has 0 bridgehead atoms. The first kappa shape index (κ1) is 18.5. The Morgan fingerprint density at radius 2 is 1.90 bits per heavy atom. The summed E-state index contributed by atoms with van der Waals surface area (Å²) in [5.74, 6) is 1.14. The molecule has 0 spiro atoms. The van der Waals surface area contributed by atoms with Crippen LogP contribution >= 0.6 is 0 Å². The standard InChI is InChI=1S/C22H20N4O3/c1-14-4-3-5-18(12-14)29-17-8-6-16(7-9-17)25-21(27)13-19-15(2)24-20-10-11-23-26(20)22(19)28/h3-12,23H,13H2,1-2H3,(H,25,27). The Bertz CT molecular complexity index is 1240. The average molecular weight is 388 g/mol. The monoisotopic (exact) mass is 388 g/mol. The minimum absolute atomic E-state index is 0.0544. The van der Waals surface area contributed by atoms with Crippen molar-refractivity contribution in [2.24, 2.45) is 0 Å². The number of fused-ring (bicyclic) bond motifs is 1. The smallest absolute Gasteiger partial charge is 0.276 e. The van der Waals surface area contributed by atoms with Gasteiger partial charge in [-0.1, -0.05) is 12.1 Å². The van der Waals surface area contributed by atoms with Gasteiger partial charge in [-0.3, -0.25) is 14.7 Å². The number of aryl methyl sites for hydroxylation is 2. The van der Waals surface area contributed by atoms with E-state index >= 15 is 0 Å². The fourth-order valence-corrected chi connectivity index (χ4v) is 3.10. The molecule has 2 heterocycles. The molecule has 7 heteroatoms. The minimum atomic E-state index is -0.286. The van der Waals surface area contributed by atoms with E-state index in [9.17, 15) is 9.59 Å². The van der Waals surface area contributed by atoms with E-state index in [1.54, 1.807) is 43.5 Å². The number of rotatable bonds is 5. The Morgan fingerprint density at radius 1 is 1.10 bits per heavy atom. The molecule has 4 aromatic rings. The van der Waals surface area contributed by atoms with Gasteiger partial charge in [-0.25, -0.2) is 9.50 Å². The van der Waals surface area contributed by atoms with Crippen LogP contribution in [0.1, 0.15) is 16.8 Å². The van der Waals surface area contributed by atoms with E-state index in [4.69, 9.17) is 4.74 Å². The quantitative estimate of drug-likeness (QED) is 0.547. The van der Waals surface area contributed by atoms with Crippen LogP contribution in [0.4, 0.5) is 5.69 Å². The van der Waals surface area contributed by atoms with Crippen molar-refractivity contribution < 1.29 is 9.53 Å². The average Bonchev–Trinajstić information content (AvgIpc) is 3.15. The molecule has 0 radical (unpaired) electrons. The summed E-state index contributed by atoms with van der Waals surface area (Å²) >= 11 is 0. The van der Waals surface area contributed by atoms with Crippen molar-refractivity contribution in [3.05, 3.63) is 88.0 Å². The van der Waals surface area contributed by atoms with Crippen LogP contribution in [-0.2, 0) is 11.2 Å². The normalized spacial score (nSPS) is 10.8. The van der Waals surface area contributed by atoms with E-state index in [0.717, 1.165) is 11.3 Å². The third-order valence-corrected chi connectivity index (χ3v) is 4.55. The molecule has 2 aromatic heterocycles. The number of amides is 1. The van der Waals surface area contributed by atoms with Crippen LogP contribution in [0, 0.1) is 13.8 Å². The van der Waals surface area contributed by atoms with Crippen LogP contribution in [0.15, 0.2) is 65.6 Å². The van der Waals surface area contributed by atoms with Crippen molar-refractivity contribution in [2.75, 3.05) is 5.32 Å². The number of aromatic nitrogens is 3. The first-order valence-electron chi connectivity index (χ1n) is 9.20. The lowest BCUT2D eigenvalue weighted by Gasteiger charge is -2.09. The van der Waals surface area contributed by atoms with Crippen molar-refractivity contribution in [2.45, 2.75) is 20.3 Å². The molecule has 7 nitrogen and oxygen atoms in total. The minimum Gasteiger partial charge on any atom is -0.457 e. The number of anilines is 1. The number of ether oxygens (including phenoxy) is 1. The summed E-state index contributed by atoms with van der Waals surface area (Å²) in [7, 11) is 0. The molecule has 0 aliphatic heterocycles. The molecule has 2 aromatic carbocycles. The first-order chi connectivity index (χ1) is 14.0. The molecular formula is C22H20N4O3. The molecule has 29 heavy (non-hydrogen) atoms. The van der Waals surface area contributed by atoms with Gasteiger partial charge in [0.05, 0.1) is 6.42 Å². The highest BCUT2D eigenvalue weighted by Gasteiger charge is 2.14. The zero-order valence-corrected chi connectivity index (χ0v) is 16.1. The van der Waals surface area contributed by atoms with Gasteiger partial charge < -0.3 is 10.1 Å². The lowest BCUT2D eigenvalue weighted by Crippen LogP contribution is -2.26. The molecule has 4 rings (SSSR count). The van der Waals surface area contributed by atoms with Crippen LogP contribution in [0.25, 0.3) is 5.65 Å². The Balaban J connectivity index is 1.44. The van der Waals surface area contributed by atoms with Gasteiger partial charge in [0.25, 0.3) is 5.56 Å². The van der Waals surface area contributed by atoms with E-state index in [0.29, 0.717) is 28.3 Å². The van der Waals surface area contributed by atoms with Crippen LogP contribution in [-0.4, -0.2) is 20.5 Å². The zero-order chi connectivity index (χ0) is 20.4. The van der Waals surface area contributed by atoms with Gasteiger partial charge >= 0.3 is 0 Å². The number of H-pyrrole nitrogens is 1. The topological polar surface area (TPSA) is 88.5 Å². The van der Waals surface area contributed by atoms with E-state index < -0.39 is 0 Å². The SMILES string of the molecule is Cc1cccc(Oc2ccc(NC(=O)Cc3c(C)nc4cc[nH]n4c3=O)cc2)c1. The molecule has 1 amide bonds. The number of benzene rings is 2. The predicted molar refractivity (Wildman–Crippen MR) is 111 cm³/mol. The summed E-state index contributed by atoms with van der Waals surface area (Å²) in [5, 5.41) is 5.61. The highest BCUT2D eigenvalue weighted by atomic mass is 16.5. The fourth-order valence-electron chi connectivity index (χ4n) is 3.10. The summed E-state index contributed by atoms with van der Waals surface area (Å²) < 4.78 is 7.14. The molecule has 0 atom stereocenters. The Hall–Kier alpha value is -3.87. The molecule has 2 N–H and O–H groups in total. The zero-order valence-electron chi connectivity index (χ0n) is 16.1. The predicted octanol–water partition coefficient (Wildman–Crippen LogP) is 3.61. The maximum absolute atomic E-state index is 12.5. The summed E-state index contributed by atoms with van der Waals surface area (Å²) in [6.45, 7) is 3.73. The van der Waals surface area contributed by atoms with Gasteiger partial charge in [0, 0.05) is 29.2 Å². The third-order valence-electron chi connectivity index (χ3n) is 4.55. The number of carbonyl (C=O) groups excluding carboxylic acids is 1. The van der Waals surface area contributed by atoms with Gasteiger partial charge in [-0.2, -0.15) is 0 Å². The van der Waals surface area contributed by atoms with Crippen LogP contribution < -0.4 is 15.6 Å². The largest absolute Gasteiger partial charge is 0.457 e. The van der Waals surface area contributed by atoms with Crippen molar-refractivity contribution in [1.29, 1.82) is 0 Å². The van der Waals surface area contributed by atoms with Crippen LogP contribution in [0.2, 0.25) is 0 Å². The van der Waals surface area contributed by atoms with Crippen molar-refractivity contribution >= 4 is 17.2 Å². The van der Waals surface area contributed by atoms with Gasteiger partial charge in [0.15, 0.2) is 5.65 Å². The van der Waals surface area contributed by atoms with Gasteiger partial charge in [0.2, 0.25) is 5.91 Å². The van der Waals surface area contributed by atoms with Gasteiger partial charge in [0.1, 0.15) is 11.5 Å². The second kappa shape index (κ2) is 7.63. The van der Waals surface area contributed by atoms with Crippen molar-refractivity contribution in [1.82, 2.24) is 14.6 Å². The highest BCUT2D eigenvalue weighted by molar-refractivity contribution is 5.92. The molecular weight excluding hydrogens is 368 g/mol. The molecule has 0 fully saturated rings. The van der Waals surface area contributed by atoms with Crippen LogP contribution in [0.3, 0.4) is 0 Å². The fraction of sp³-hybridized carbons (Fsp3) is 0.136.